The maximum Gasteiger partial charge on any atom is 0.240 e. The summed E-state index contributed by atoms with van der Waals surface area (Å²) in [5.74, 6) is -0.120. The second-order valence-corrected chi connectivity index (χ2v) is 4.49. The van der Waals surface area contributed by atoms with E-state index in [0.29, 0.717) is 12.8 Å². The fraction of sp³-hybridized carbons (Fsp3) is 0.286. The third-order valence-corrected chi connectivity index (χ3v) is 2.97. The van der Waals surface area contributed by atoms with Crippen LogP contribution < -0.4 is 5.43 Å². The van der Waals surface area contributed by atoms with Gasteiger partial charge in [0.05, 0.1) is 11.9 Å². The van der Waals surface area contributed by atoms with Crippen LogP contribution in [0.3, 0.4) is 0 Å². The summed E-state index contributed by atoms with van der Waals surface area (Å²) in [5, 5.41) is 10.9. The van der Waals surface area contributed by atoms with Gasteiger partial charge in [-0.05, 0) is 31.9 Å². The van der Waals surface area contributed by atoms with Crippen molar-refractivity contribution in [1.29, 1.82) is 0 Å². The lowest BCUT2D eigenvalue weighted by molar-refractivity contribution is -0.121. The van der Waals surface area contributed by atoms with Crippen LogP contribution in [0.25, 0.3) is 0 Å². The SMILES string of the molecule is Cc1n[nH]c(C)c1CCC(=O)N/N=C/c1cccnc1. The van der Waals surface area contributed by atoms with Crippen molar-refractivity contribution >= 4 is 12.1 Å². The van der Waals surface area contributed by atoms with Gasteiger partial charge in [-0.25, -0.2) is 5.43 Å². The number of nitrogens with one attached hydrogen (secondary N) is 2. The highest BCUT2D eigenvalue weighted by atomic mass is 16.2. The van der Waals surface area contributed by atoms with Crippen molar-refractivity contribution in [3.8, 4) is 0 Å². The molecule has 6 nitrogen and oxygen atoms in total. The molecule has 0 fully saturated rings. The molecule has 0 aliphatic rings. The Morgan fingerprint density at radius 3 is 3.00 bits per heavy atom. The third kappa shape index (κ3) is 3.74. The Hall–Kier alpha value is -2.50. The molecule has 1 amide bonds. The number of aryl methyl sites for hydroxylation is 2. The highest BCUT2D eigenvalue weighted by Gasteiger charge is 2.08. The van der Waals surface area contributed by atoms with Crippen molar-refractivity contribution < 1.29 is 4.79 Å². The molecule has 0 aromatic carbocycles. The van der Waals surface area contributed by atoms with E-state index in [2.05, 4.69) is 25.7 Å². The fourth-order valence-corrected chi connectivity index (χ4v) is 1.87. The Labute approximate surface area is 117 Å². The van der Waals surface area contributed by atoms with Crippen molar-refractivity contribution in [2.75, 3.05) is 0 Å². The Morgan fingerprint density at radius 2 is 2.35 bits per heavy atom. The average molecular weight is 271 g/mol. The van der Waals surface area contributed by atoms with Gasteiger partial charge in [0.2, 0.25) is 5.91 Å². The van der Waals surface area contributed by atoms with Gasteiger partial charge in [0.15, 0.2) is 0 Å². The maximum absolute atomic E-state index is 11.7. The average Bonchev–Trinajstić information content (AvgIpc) is 2.77. The molecule has 0 aliphatic carbocycles. The van der Waals surface area contributed by atoms with Gasteiger partial charge in [-0.15, -0.1) is 0 Å². The summed E-state index contributed by atoms with van der Waals surface area (Å²) in [7, 11) is 0. The number of pyridine rings is 1. The Bertz CT molecular complexity index is 584. The minimum Gasteiger partial charge on any atom is -0.282 e. The van der Waals surface area contributed by atoms with Crippen LogP contribution in [0.15, 0.2) is 29.6 Å². The minimum atomic E-state index is -0.120. The summed E-state index contributed by atoms with van der Waals surface area (Å²) < 4.78 is 0. The van der Waals surface area contributed by atoms with Gasteiger partial charge in [0, 0.05) is 30.1 Å². The van der Waals surface area contributed by atoms with E-state index in [4.69, 9.17) is 0 Å². The number of aromatic amines is 1. The van der Waals surface area contributed by atoms with E-state index in [1.807, 2.05) is 26.0 Å². The van der Waals surface area contributed by atoms with Gasteiger partial charge in [0.25, 0.3) is 0 Å². The topological polar surface area (TPSA) is 83.0 Å². The quantitative estimate of drug-likeness (QED) is 0.638. The summed E-state index contributed by atoms with van der Waals surface area (Å²) in [6.45, 7) is 3.88. The third-order valence-electron chi connectivity index (χ3n) is 2.97. The highest BCUT2D eigenvalue weighted by molar-refractivity contribution is 5.82. The molecule has 2 rings (SSSR count). The van der Waals surface area contributed by atoms with Gasteiger partial charge >= 0.3 is 0 Å². The zero-order chi connectivity index (χ0) is 14.4. The molecular formula is C14H17N5O. The standard InChI is InChI=1S/C14H17N5O/c1-10-13(11(2)18-17-10)5-6-14(20)19-16-9-12-4-3-7-15-8-12/h3-4,7-9H,5-6H2,1-2H3,(H,17,18)(H,19,20)/b16-9+. The minimum absolute atomic E-state index is 0.120. The van der Waals surface area contributed by atoms with Crippen LogP contribution in [0.5, 0.6) is 0 Å². The Balaban J connectivity index is 1.80. The summed E-state index contributed by atoms with van der Waals surface area (Å²) in [4.78, 5) is 15.6. The number of hydrogen-bond donors (Lipinski definition) is 2. The lowest BCUT2D eigenvalue weighted by atomic mass is 10.1. The maximum atomic E-state index is 11.7. The number of hydrogen-bond acceptors (Lipinski definition) is 4. The van der Waals surface area contributed by atoms with Crippen molar-refractivity contribution in [2.45, 2.75) is 26.7 Å². The van der Waals surface area contributed by atoms with Gasteiger partial charge in [-0.3, -0.25) is 14.9 Å². The second kappa shape index (κ2) is 6.60. The molecule has 0 spiro atoms. The number of amides is 1. The Kier molecular flexibility index (Phi) is 4.60. The molecule has 0 atom stereocenters. The van der Waals surface area contributed by atoms with Crippen molar-refractivity contribution in [3.63, 3.8) is 0 Å². The first-order valence-corrected chi connectivity index (χ1v) is 6.39. The number of carbonyl (C=O) groups excluding carboxylic acids is 1. The van der Waals surface area contributed by atoms with Crippen LogP contribution in [0.2, 0.25) is 0 Å². The number of hydrazone groups is 1. The summed E-state index contributed by atoms with van der Waals surface area (Å²) >= 11 is 0. The number of H-pyrrole nitrogens is 1. The lowest BCUT2D eigenvalue weighted by Gasteiger charge is -2.01. The molecule has 2 aromatic heterocycles. The Morgan fingerprint density at radius 1 is 1.50 bits per heavy atom. The first kappa shape index (κ1) is 13.9. The molecule has 6 heteroatoms. The van der Waals surface area contributed by atoms with E-state index >= 15 is 0 Å². The van der Waals surface area contributed by atoms with E-state index < -0.39 is 0 Å². The summed E-state index contributed by atoms with van der Waals surface area (Å²) in [6, 6.07) is 3.68. The molecule has 0 unspecified atom stereocenters. The summed E-state index contributed by atoms with van der Waals surface area (Å²) in [5.41, 5.74) is 6.39. The van der Waals surface area contributed by atoms with Crippen LogP contribution >= 0.6 is 0 Å². The monoisotopic (exact) mass is 271 g/mol. The largest absolute Gasteiger partial charge is 0.282 e. The number of rotatable bonds is 5. The van der Waals surface area contributed by atoms with Crippen LogP contribution in [-0.2, 0) is 11.2 Å². The molecule has 20 heavy (non-hydrogen) atoms. The fourth-order valence-electron chi connectivity index (χ4n) is 1.87. The molecular weight excluding hydrogens is 254 g/mol. The van der Waals surface area contributed by atoms with E-state index in [1.165, 1.54) is 0 Å². The highest BCUT2D eigenvalue weighted by Crippen LogP contribution is 2.11. The van der Waals surface area contributed by atoms with E-state index in [-0.39, 0.29) is 5.91 Å². The van der Waals surface area contributed by atoms with E-state index in [0.717, 1.165) is 22.5 Å². The van der Waals surface area contributed by atoms with Crippen molar-refractivity contribution in [2.24, 2.45) is 5.10 Å². The molecule has 104 valence electrons. The summed E-state index contributed by atoms with van der Waals surface area (Å²) in [6.07, 6.45) is 5.96. The van der Waals surface area contributed by atoms with Gasteiger partial charge in [-0.2, -0.15) is 10.2 Å². The molecule has 2 heterocycles. The van der Waals surface area contributed by atoms with Crippen molar-refractivity contribution in [1.82, 2.24) is 20.6 Å². The second-order valence-electron chi connectivity index (χ2n) is 4.49. The number of carbonyl (C=O) groups is 1. The number of aromatic nitrogens is 3. The predicted molar refractivity (Wildman–Crippen MR) is 76.4 cm³/mol. The molecule has 0 saturated carbocycles. The lowest BCUT2D eigenvalue weighted by Crippen LogP contribution is -2.18. The zero-order valence-corrected chi connectivity index (χ0v) is 11.6. The molecule has 2 N–H and O–H groups in total. The van der Waals surface area contributed by atoms with E-state index in [1.54, 1.807) is 18.6 Å². The first-order chi connectivity index (χ1) is 9.66. The molecule has 0 aliphatic heterocycles. The van der Waals surface area contributed by atoms with Crippen LogP contribution in [0.4, 0.5) is 0 Å². The van der Waals surface area contributed by atoms with Crippen LogP contribution in [0, 0.1) is 13.8 Å². The molecule has 2 aromatic rings. The van der Waals surface area contributed by atoms with Gasteiger partial charge in [0.1, 0.15) is 0 Å². The van der Waals surface area contributed by atoms with Gasteiger partial charge < -0.3 is 0 Å². The van der Waals surface area contributed by atoms with Crippen LogP contribution in [0.1, 0.15) is 28.9 Å². The van der Waals surface area contributed by atoms with Crippen LogP contribution in [-0.4, -0.2) is 27.3 Å². The predicted octanol–water partition coefficient (Wildman–Crippen LogP) is 1.50. The van der Waals surface area contributed by atoms with Crippen molar-refractivity contribution in [3.05, 3.63) is 47.0 Å². The smallest absolute Gasteiger partial charge is 0.240 e. The molecule has 0 radical (unpaired) electrons. The van der Waals surface area contributed by atoms with E-state index in [9.17, 15) is 4.79 Å². The molecule has 0 saturated heterocycles. The number of nitrogens with zero attached hydrogens (tertiary/aromatic N) is 3. The molecule has 0 bridgehead atoms. The zero-order valence-electron chi connectivity index (χ0n) is 11.6. The first-order valence-electron chi connectivity index (χ1n) is 6.39. The van der Waals surface area contributed by atoms with Gasteiger partial charge in [-0.1, -0.05) is 6.07 Å². The normalized spacial score (nSPS) is 10.9.